The predicted octanol–water partition coefficient (Wildman–Crippen LogP) is 2.98. The van der Waals surface area contributed by atoms with Gasteiger partial charge in [0.05, 0.1) is 0 Å². The van der Waals surface area contributed by atoms with Crippen LogP contribution in [-0.2, 0) is 16.0 Å². The van der Waals surface area contributed by atoms with E-state index in [0.29, 0.717) is 18.8 Å². The van der Waals surface area contributed by atoms with E-state index in [-0.39, 0.29) is 12.3 Å². The Balaban J connectivity index is 1.50. The zero-order chi connectivity index (χ0) is 16.9. The second-order valence-corrected chi connectivity index (χ2v) is 6.40. The Bertz CT molecular complexity index is 704. The highest BCUT2D eigenvalue weighted by atomic mass is 16.4. The number of aromatic nitrogens is 1. The minimum atomic E-state index is -0.943. The number of nitrogens with one attached hydrogen (secondary N) is 2. The van der Waals surface area contributed by atoms with E-state index < -0.39 is 12.0 Å². The summed E-state index contributed by atoms with van der Waals surface area (Å²) in [6.45, 7) is 0. The molecule has 1 aliphatic carbocycles. The maximum atomic E-state index is 12.0. The molecule has 3 N–H and O–H groups in total. The molecule has 1 heterocycles. The Hall–Kier alpha value is -2.56. The summed E-state index contributed by atoms with van der Waals surface area (Å²) in [4.78, 5) is 26.5. The molecule has 1 saturated carbocycles. The van der Waals surface area contributed by atoms with Crippen molar-refractivity contribution in [1.82, 2.24) is 10.3 Å². The lowest BCUT2D eigenvalue weighted by molar-refractivity contribution is -0.142. The van der Waals surface area contributed by atoms with Crippen LogP contribution in [0.3, 0.4) is 0 Å². The first kappa shape index (κ1) is 16.3. The van der Waals surface area contributed by atoms with Crippen LogP contribution in [0, 0.1) is 5.92 Å². The molecule has 0 radical (unpaired) electrons. The maximum absolute atomic E-state index is 12.0. The first-order valence-electron chi connectivity index (χ1n) is 8.37. The molecule has 1 unspecified atom stereocenters. The van der Waals surface area contributed by atoms with Gasteiger partial charge in [-0.15, -0.1) is 0 Å². The van der Waals surface area contributed by atoms with E-state index in [2.05, 4.69) is 10.3 Å². The predicted molar refractivity (Wildman–Crippen MR) is 91.5 cm³/mol. The minimum absolute atomic E-state index is 0.209. The van der Waals surface area contributed by atoms with Crippen molar-refractivity contribution in [3.8, 4) is 11.3 Å². The van der Waals surface area contributed by atoms with Gasteiger partial charge in [-0.2, -0.15) is 0 Å². The Labute approximate surface area is 141 Å². The Morgan fingerprint density at radius 3 is 2.58 bits per heavy atom. The van der Waals surface area contributed by atoms with Crippen LogP contribution >= 0.6 is 0 Å². The van der Waals surface area contributed by atoms with Gasteiger partial charge in [-0.3, -0.25) is 4.79 Å². The van der Waals surface area contributed by atoms with E-state index in [4.69, 9.17) is 0 Å². The van der Waals surface area contributed by atoms with E-state index >= 15 is 0 Å². The van der Waals surface area contributed by atoms with Gasteiger partial charge in [0.25, 0.3) is 0 Å². The number of aliphatic carboxylic acids is 1. The number of carbonyl (C=O) groups is 2. The molecule has 0 spiro atoms. The van der Waals surface area contributed by atoms with Crippen molar-refractivity contribution >= 4 is 11.9 Å². The Morgan fingerprint density at radius 2 is 1.92 bits per heavy atom. The first-order valence-corrected chi connectivity index (χ1v) is 8.37. The molecular formula is C19H22N2O3. The molecule has 0 aliphatic heterocycles. The second kappa shape index (κ2) is 7.34. The van der Waals surface area contributed by atoms with E-state index in [1.54, 1.807) is 0 Å². The molecule has 5 nitrogen and oxygen atoms in total. The molecule has 1 aromatic heterocycles. The fourth-order valence-electron chi connectivity index (χ4n) is 2.80. The zero-order valence-electron chi connectivity index (χ0n) is 13.5. The number of carboxylic acids is 1. The monoisotopic (exact) mass is 326 g/mol. The number of aryl methyl sites for hydroxylation is 1. The van der Waals surface area contributed by atoms with E-state index in [1.807, 2.05) is 42.5 Å². The molecule has 24 heavy (non-hydrogen) atoms. The van der Waals surface area contributed by atoms with Crippen molar-refractivity contribution < 1.29 is 14.7 Å². The number of amides is 1. The van der Waals surface area contributed by atoms with Crippen LogP contribution in [0.5, 0.6) is 0 Å². The lowest BCUT2D eigenvalue weighted by Crippen LogP contribution is -2.41. The lowest BCUT2D eigenvalue weighted by atomic mass is 10.1. The summed E-state index contributed by atoms with van der Waals surface area (Å²) in [6, 6.07) is 13.2. The number of carbonyl (C=O) groups excluding carboxylic acids is 1. The number of carboxylic acid groups (broad SMARTS) is 1. The van der Waals surface area contributed by atoms with Gasteiger partial charge in [-0.25, -0.2) is 4.79 Å². The smallest absolute Gasteiger partial charge is 0.326 e. The topological polar surface area (TPSA) is 82.2 Å². The van der Waals surface area contributed by atoms with Crippen LogP contribution in [0.1, 0.15) is 31.4 Å². The summed E-state index contributed by atoms with van der Waals surface area (Å²) in [7, 11) is 0. The zero-order valence-corrected chi connectivity index (χ0v) is 13.5. The summed E-state index contributed by atoms with van der Waals surface area (Å²) in [5.74, 6) is -0.691. The highest BCUT2D eigenvalue weighted by Crippen LogP contribution is 2.33. The largest absolute Gasteiger partial charge is 0.480 e. The molecule has 126 valence electrons. The highest BCUT2D eigenvalue weighted by Gasteiger charge is 2.30. The third kappa shape index (κ3) is 4.47. The van der Waals surface area contributed by atoms with Gasteiger partial charge in [0.15, 0.2) is 0 Å². The third-order valence-electron chi connectivity index (χ3n) is 4.35. The number of hydrogen-bond donors (Lipinski definition) is 3. The molecule has 5 heteroatoms. The molecule has 1 fully saturated rings. The molecule has 1 atom stereocenters. The average molecular weight is 326 g/mol. The van der Waals surface area contributed by atoms with Gasteiger partial charge >= 0.3 is 5.97 Å². The van der Waals surface area contributed by atoms with Gasteiger partial charge in [-0.1, -0.05) is 43.2 Å². The fraction of sp³-hybridized carbons (Fsp3) is 0.368. The summed E-state index contributed by atoms with van der Waals surface area (Å²) in [5.41, 5.74) is 3.09. The molecule has 1 aliphatic rings. The van der Waals surface area contributed by atoms with Gasteiger partial charge in [-0.05, 0) is 36.5 Å². The molecule has 1 amide bonds. The summed E-state index contributed by atoms with van der Waals surface area (Å²) in [6.07, 6.45) is 3.54. The van der Waals surface area contributed by atoms with Crippen molar-refractivity contribution in [2.45, 2.75) is 38.1 Å². The van der Waals surface area contributed by atoms with Crippen LogP contribution in [0.2, 0.25) is 0 Å². The molecule has 0 bridgehead atoms. The fourth-order valence-corrected chi connectivity index (χ4v) is 2.80. The van der Waals surface area contributed by atoms with Crippen molar-refractivity contribution in [1.29, 1.82) is 0 Å². The number of H-pyrrole nitrogens is 1. The van der Waals surface area contributed by atoms with Crippen molar-refractivity contribution in [3.63, 3.8) is 0 Å². The van der Waals surface area contributed by atoms with Crippen LogP contribution in [-0.4, -0.2) is 28.0 Å². The van der Waals surface area contributed by atoms with Crippen LogP contribution in [0.25, 0.3) is 11.3 Å². The Morgan fingerprint density at radius 1 is 1.17 bits per heavy atom. The van der Waals surface area contributed by atoms with Gasteiger partial charge < -0.3 is 15.4 Å². The first-order chi connectivity index (χ1) is 11.6. The summed E-state index contributed by atoms with van der Waals surface area (Å²) < 4.78 is 0. The van der Waals surface area contributed by atoms with Crippen LogP contribution < -0.4 is 5.32 Å². The second-order valence-electron chi connectivity index (χ2n) is 6.40. The van der Waals surface area contributed by atoms with Crippen LogP contribution in [0.15, 0.2) is 42.5 Å². The number of aromatic amines is 1. The minimum Gasteiger partial charge on any atom is -0.480 e. The maximum Gasteiger partial charge on any atom is 0.326 e. The van der Waals surface area contributed by atoms with Gasteiger partial charge in [0.2, 0.25) is 5.91 Å². The Kier molecular flexibility index (Phi) is 4.99. The van der Waals surface area contributed by atoms with Crippen LogP contribution in [0.4, 0.5) is 0 Å². The van der Waals surface area contributed by atoms with Crippen molar-refractivity contribution in [3.05, 3.63) is 48.2 Å². The summed E-state index contributed by atoms with van der Waals surface area (Å²) in [5, 5.41) is 11.8. The molecule has 0 saturated heterocycles. The third-order valence-corrected chi connectivity index (χ3v) is 4.35. The van der Waals surface area contributed by atoms with Gasteiger partial charge in [0.1, 0.15) is 6.04 Å². The van der Waals surface area contributed by atoms with E-state index in [0.717, 1.165) is 29.8 Å². The highest BCUT2D eigenvalue weighted by molar-refractivity contribution is 5.83. The molecule has 2 aromatic rings. The lowest BCUT2D eigenvalue weighted by Gasteiger charge is -2.13. The summed E-state index contributed by atoms with van der Waals surface area (Å²) >= 11 is 0. The normalized spacial score (nSPS) is 15.0. The molecule has 1 aromatic carbocycles. The molecular weight excluding hydrogens is 304 g/mol. The standard InChI is InChI=1S/C19H22N2O3/c22-18(21-17(19(23)24)12-13-6-7-13)11-9-15-8-10-16(20-15)14-4-2-1-3-5-14/h1-5,8,10,13,17,20H,6-7,9,11-12H2,(H,21,22)(H,23,24). The number of hydrogen-bond acceptors (Lipinski definition) is 2. The quantitative estimate of drug-likeness (QED) is 0.697. The molecule has 3 rings (SSSR count). The van der Waals surface area contributed by atoms with Crippen molar-refractivity contribution in [2.24, 2.45) is 5.92 Å². The average Bonchev–Trinajstić information content (AvgIpc) is 3.27. The van der Waals surface area contributed by atoms with Crippen molar-refractivity contribution in [2.75, 3.05) is 0 Å². The number of rotatable bonds is 8. The van der Waals surface area contributed by atoms with E-state index in [1.165, 1.54) is 0 Å². The van der Waals surface area contributed by atoms with E-state index in [9.17, 15) is 14.7 Å². The number of benzene rings is 1. The van der Waals surface area contributed by atoms with Gasteiger partial charge in [0, 0.05) is 17.8 Å². The SMILES string of the molecule is O=C(CCc1ccc(-c2ccccc2)[nH]1)NC(CC1CC1)C(=O)O.